The maximum absolute atomic E-state index is 11.4. The maximum Gasteiger partial charge on any atom is 0.335 e. The average molecular weight is 259 g/mol. The second-order valence-corrected chi connectivity index (χ2v) is 3.95. The van der Waals surface area contributed by atoms with Gasteiger partial charge in [0.15, 0.2) is 0 Å². The summed E-state index contributed by atoms with van der Waals surface area (Å²) in [5, 5.41) is 11.7. The summed E-state index contributed by atoms with van der Waals surface area (Å²) < 4.78 is 0. The van der Waals surface area contributed by atoms with Gasteiger partial charge in [-0.05, 0) is 30.7 Å². The molecule has 0 saturated carbocycles. The van der Waals surface area contributed by atoms with Crippen molar-refractivity contribution in [2.75, 3.05) is 5.32 Å². The Morgan fingerprint density at radius 1 is 1.37 bits per heavy atom. The van der Waals surface area contributed by atoms with Crippen LogP contribution in [0, 0.1) is 0 Å². The number of H-pyrrole nitrogens is 1. The van der Waals surface area contributed by atoms with Gasteiger partial charge in [-0.3, -0.25) is 9.78 Å². The number of rotatable bonds is 4. The average Bonchev–Trinajstić information content (AvgIpc) is 2.38. The predicted molar refractivity (Wildman–Crippen MR) is 70.9 cm³/mol. The van der Waals surface area contributed by atoms with Crippen molar-refractivity contribution in [1.29, 1.82) is 0 Å². The summed E-state index contributed by atoms with van der Waals surface area (Å²) >= 11 is 0. The van der Waals surface area contributed by atoms with Crippen molar-refractivity contribution >= 4 is 17.6 Å². The van der Waals surface area contributed by atoms with Crippen LogP contribution in [0.1, 0.15) is 23.0 Å². The Morgan fingerprint density at radius 3 is 2.63 bits per heavy atom. The fourth-order valence-corrected chi connectivity index (χ4v) is 1.58. The lowest BCUT2D eigenvalue weighted by Gasteiger charge is -2.06. The van der Waals surface area contributed by atoms with E-state index < -0.39 is 5.97 Å². The van der Waals surface area contributed by atoms with Gasteiger partial charge in [0.05, 0.1) is 5.56 Å². The van der Waals surface area contributed by atoms with Crippen molar-refractivity contribution < 1.29 is 9.90 Å². The van der Waals surface area contributed by atoms with E-state index in [9.17, 15) is 9.59 Å². The normalized spacial score (nSPS) is 10.2. The van der Waals surface area contributed by atoms with E-state index >= 15 is 0 Å². The molecular formula is C13H13N3O3. The Balaban J connectivity index is 2.23. The lowest BCUT2D eigenvalue weighted by Crippen LogP contribution is -2.11. The molecule has 0 fully saturated rings. The molecule has 19 heavy (non-hydrogen) atoms. The number of nitrogens with one attached hydrogen (secondary N) is 2. The van der Waals surface area contributed by atoms with Crippen molar-refractivity contribution in [3.63, 3.8) is 0 Å². The van der Waals surface area contributed by atoms with Gasteiger partial charge < -0.3 is 10.4 Å². The number of aromatic carboxylic acids is 1. The van der Waals surface area contributed by atoms with Gasteiger partial charge in [0.1, 0.15) is 0 Å². The van der Waals surface area contributed by atoms with Crippen molar-refractivity contribution in [3.05, 3.63) is 51.9 Å². The molecule has 0 atom stereocenters. The Labute approximate surface area is 109 Å². The van der Waals surface area contributed by atoms with Crippen LogP contribution in [0.25, 0.3) is 0 Å². The van der Waals surface area contributed by atoms with E-state index in [4.69, 9.17) is 5.11 Å². The summed E-state index contributed by atoms with van der Waals surface area (Å²) in [6, 6.07) is 7.63. The van der Waals surface area contributed by atoms with Gasteiger partial charge in [-0.15, -0.1) is 0 Å². The monoisotopic (exact) mass is 259 g/mol. The molecule has 98 valence electrons. The van der Waals surface area contributed by atoms with Crippen LogP contribution < -0.4 is 10.9 Å². The largest absolute Gasteiger partial charge is 0.478 e. The number of aromatic nitrogens is 2. The van der Waals surface area contributed by atoms with Crippen LogP contribution >= 0.6 is 0 Å². The molecule has 0 unspecified atom stereocenters. The zero-order chi connectivity index (χ0) is 13.8. The molecule has 0 saturated heterocycles. The lowest BCUT2D eigenvalue weighted by molar-refractivity contribution is 0.0697. The number of hydrogen-bond donors (Lipinski definition) is 3. The van der Waals surface area contributed by atoms with Crippen molar-refractivity contribution in [1.82, 2.24) is 9.97 Å². The van der Waals surface area contributed by atoms with Gasteiger partial charge in [0, 0.05) is 17.4 Å². The molecule has 3 N–H and O–H groups in total. The highest BCUT2D eigenvalue weighted by atomic mass is 16.4. The first kappa shape index (κ1) is 12.8. The minimum absolute atomic E-state index is 0.203. The summed E-state index contributed by atoms with van der Waals surface area (Å²) in [6.45, 7) is 1.91. The molecule has 6 heteroatoms. The molecule has 2 rings (SSSR count). The number of carbonyl (C=O) groups is 1. The molecule has 0 bridgehead atoms. The Morgan fingerprint density at radius 2 is 2.05 bits per heavy atom. The van der Waals surface area contributed by atoms with Gasteiger partial charge in [-0.2, -0.15) is 0 Å². The molecule has 0 amide bonds. The summed E-state index contributed by atoms with van der Waals surface area (Å²) in [5.41, 5.74) is 1.32. The third-order valence-electron chi connectivity index (χ3n) is 2.55. The molecular weight excluding hydrogens is 246 g/mol. The topological polar surface area (TPSA) is 95.1 Å². The highest BCUT2D eigenvalue weighted by Gasteiger charge is 2.03. The molecule has 0 aliphatic carbocycles. The Bertz CT molecular complexity index is 647. The molecule has 2 aromatic rings. The molecule has 6 nitrogen and oxygen atoms in total. The first-order valence-corrected chi connectivity index (χ1v) is 5.79. The summed E-state index contributed by atoms with van der Waals surface area (Å²) in [6.07, 6.45) is 0.663. The summed E-state index contributed by atoms with van der Waals surface area (Å²) in [5.74, 6) is -0.640. The SMILES string of the molecule is CCc1cc(=O)[nH]c(Nc2ccc(C(=O)O)cc2)n1. The fourth-order valence-electron chi connectivity index (χ4n) is 1.58. The van der Waals surface area contributed by atoms with Gasteiger partial charge in [0.2, 0.25) is 5.95 Å². The summed E-state index contributed by atoms with van der Waals surface area (Å²) in [7, 11) is 0. The number of carboxylic acids is 1. The van der Waals surface area contributed by atoms with Crippen LogP contribution in [-0.4, -0.2) is 21.0 Å². The first-order valence-electron chi connectivity index (χ1n) is 5.79. The Kier molecular flexibility index (Phi) is 3.61. The van der Waals surface area contributed by atoms with Crippen molar-refractivity contribution in [2.45, 2.75) is 13.3 Å². The molecule has 0 radical (unpaired) electrons. The van der Waals surface area contributed by atoms with E-state index in [1.165, 1.54) is 18.2 Å². The molecule has 1 aromatic heterocycles. The number of carboxylic acid groups (broad SMARTS) is 1. The van der Waals surface area contributed by atoms with Crippen LogP contribution in [0.2, 0.25) is 0 Å². The standard InChI is InChI=1S/C13H13N3O3/c1-2-9-7-11(17)16-13(14-9)15-10-5-3-8(4-6-10)12(18)19/h3-7H,2H2,1H3,(H,18,19)(H2,14,15,16,17). The van der Waals surface area contributed by atoms with Crippen LogP contribution in [0.5, 0.6) is 0 Å². The van der Waals surface area contributed by atoms with Crippen molar-refractivity contribution in [2.24, 2.45) is 0 Å². The molecule has 1 aromatic carbocycles. The third-order valence-corrected chi connectivity index (χ3v) is 2.55. The van der Waals surface area contributed by atoms with Crippen LogP contribution in [0.15, 0.2) is 35.1 Å². The van der Waals surface area contributed by atoms with Crippen LogP contribution in [0.3, 0.4) is 0 Å². The quantitative estimate of drug-likeness (QED) is 0.777. The molecule has 0 aliphatic rings. The molecule has 0 aliphatic heterocycles. The second kappa shape index (κ2) is 5.34. The highest BCUT2D eigenvalue weighted by molar-refractivity contribution is 5.88. The maximum atomic E-state index is 11.4. The number of anilines is 2. The lowest BCUT2D eigenvalue weighted by atomic mass is 10.2. The van der Waals surface area contributed by atoms with E-state index in [1.54, 1.807) is 12.1 Å². The van der Waals surface area contributed by atoms with Gasteiger partial charge in [0.25, 0.3) is 5.56 Å². The van der Waals surface area contributed by atoms with E-state index in [0.29, 0.717) is 23.8 Å². The predicted octanol–water partition coefficient (Wildman–Crippen LogP) is 1.77. The smallest absolute Gasteiger partial charge is 0.335 e. The Hall–Kier alpha value is -2.63. The summed E-state index contributed by atoms with van der Waals surface area (Å²) in [4.78, 5) is 28.9. The number of hydrogen-bond acceptors (Lipinski definition) is 4. The minimum Gasteiger partial charge on any atom is -0.478 e. The second-order valence-electron chi connectivity index (χ2n) is 3.95. The van der Waals surface area contributed by atoms with Gasteiger partial charge >= 0.3 is 5.97 Å². The van der Waals surface area contributed by atoms with E-state index in [-0.39, 0.29) is 11.1 Å². The zero-order valence-electron chi connectivity index (χ0n) is 10.3. The highest BCUT2D eigenvalue weighted by Crippen LogP contribution is 2.13. The van der Waals surface area contributed by atoms with Gasteiger partial charge in [-0.1, -0.05) is 6.92 Å². The number of benzene rings is 1. The van der Waals surface area contributed by atoms with Crippen LogP contribution in [-0.2, 0) is 6.42 Å². The van der Waals surface area contributed by atoms with Gasteiger partial charge in [-0.25, -0.2) is 9.78 Å². The molecule has 0 spiro atoms. The number of aryl methyl sites for hydroxylation is 1. The first-order chi connectivity index (χ1) is 9.08. The number of aromatic amines is 1. The zero-order valence-corrected chi connectivity index (χ0v) is 10.3. The van der Waals surface area contributed by atoms with Crippen molar-refractivity contribution in [3.8, 4) is 0 Å². The fraction of sp³-hybridized carbons (Fsp3) is 0.154. The third kappa shape index (κ3) is 3.19. The molecule has 1 heterocycles. The number of nitrogens with zero attached hydrogens (tertiary/aromatic N) is 1. The minimum atomic E-state index is -0.980. The van der Waals surface area contributed by atoms with E-state index in [0.717, 1.165) is 0 Å². The van der Waals surface area contributed by atoms with Crippen LogP contribution in [0.4, 0.5) is 11.6 Å². The van der Waals surface area contributed by atoms with E-state index in [2.05, 4.69) is 15.3 Å². The van der Waals surface area contributed by atoms with E-state index in [1.807, 2.05) is 6.92 Å².